The number of fused-ring (bicyclic) bond motifs is 1. The monoisotopic (exact) mass is 418 g/mol. The van der Waals surface area contributed by atoms with Crippen LogP contribution in [-0.2, 0) is 30.1 Å². The summed E-state index contributed by atoms with van der Waals surface area (Å²) in [6.07, 6.45) is -3.98. The zero-order chi connectivity index (χ0) is 18.6. The first-order valence-corrected chi connectivity index (χ1v) is 10.1. The van der Waals surface area contributed by atoms with E-state index in [9.17, 15) is 14.0 Å². The highest BCUT2D eigenvalue weighted by molar-refractivity contribution is 8.07. The molecule has 140 valence electrons. The summed E-state index contributed by atoms with van der Waals surface area (Å²) >= 11 is 11.1. The van der Waals surface area contributed by atoms with Gasteiger partial charge in [-0.3, -0.25) is 18.9 Å². The Labute approximate surface area is 150 Å². The number of nitrogens with zero attached hydrogens (tertiary/aromatic N) is 1. The number of alkyl halides is 2. The Morgan fingerprint density at radius 3 is 2.88 bits per heavy atom. The summed E-state index contributed by atoms with van der Waals surface area (Å²) in [5, 5.41) is -2.77. The van der Waals surface area contributed by atoms with Crippen molar-refractivity contribution in [2.75, 3.05) is 6.61 Å². The van der Waals surface area contributed by atoms with Gasteiger partial charge in [-0.2, -0.15) is 4.39 Å². The molecular weight excluding hydrogens is 405 g/mol. The summed E-state index contributed by atoms with van der Waals surface area (Å²) in [7, 11) is 0. The molecule has 5 atom stereocenters. The van der Waals surface area contributed by atoms with Gasteiger partial charge in [0.2, 0.25) is 5.82 Å². The summed E-state index contributed by atoms with van der Waals surface area (Å²) in [6.45, 7) is -0.0312. The van der Waals surface area contributed by atoms with E-state index >= 15 is 4.39 Å². The number of rotatable bonds is 3. The van der Waals surface area contributed by atoms with Crippen molar-refractivity contribution in [1.82, 2.24) is 9.55 Å². The van der Waals surface area contributed by atoms with Crippen LogP contribution in [0.5, 0.6) is 0 Å². The molecule has 3 heterocycles. The number of aromatic amines is 1. The molecule has 1 aromatic rings. The zero-order valence-electron chi connectivity index (χ0n) is 13.0. The van der Waals surface area contributed by atoms with E-state index in [0.717, 1.165) is 0 Å². The highest BCUT2D eigenvalue weighted by Crippen LogP contribution is 2.61. The molecule has 2 fully saturated rings. The molecule has 13 heteroatoms. The lowest BCUT2D eigenvalue weighted by molar-refractivity contribution is -0.0659. The van der Waals surface area contributed by atoms with E-state index in [4.69, 9.17) is 41.7 Å². The van der Waals surface area contributed by atoms with E-state index in [1.807, 2.05) is 0 Å². The normalized spacial score (nSPS) is 38.1. The average Bonchev–Trinajstić information content (AvgIpc) is 2.73. The second kappa shape index (κ2) is 6.49. The fraction of sp³-hybridized carbons (Fsp3) is 0.667. The van der Waals surface area contributed by atoms with Gasteiger partial charge in [0.1, 0.15) is 12.2 Å². The van der Waals surface area contributed by atoms with Crippen molar-refractivity contribution in [3.05, 3.63) is 32.9 Å². The molecule has 1 aromatic heterocycles. The molecular formula is C12H14ClF2N2O6PS. The molecule has 3 rings (SSSR count). The largest absolute Gasteiger partial charge is 0.344 e. The molecule has 0 radical (unpaired) electrons. The van der Waals surface area contributed by atoms with Gasteiger partial charge in [-0.1, -0.05) is 11.6 Å². The van der Waals surface area contributed by atoms with Crippen LogP contribution < -0.4 is 11.2 Å². The number of aromatic nitrogens is 2. The topological polar surface area (TPSA) is 91.8 Å². The van der Waals surface area contributed by atoms with Crippen LogP contribution in [0, 0.1) is 5.82 Å². The summed E-state index contributed by atoms with van der Waals surface area (Å²) in [5.74, 6) is -1.30. The molecule has 2 aliphatic rings. The molecule has 0 unspecified atom stereocenters. The van der Waals surface area contributed by atoms with Crippen molar-refractivity contribution in [3.63, 3.8) is 0 Å². The van der Waals surface area contributed by atoms with Gasteiger partial charge in [0, 0.05) is 0 Å². The summed E-state index contributed by atoms with van der Waals surface area (Å²) in [4.78, 5) is 24.7. The molecule has 0 bridgehead atoms. The van der Waals surface area contributed by atoms with Gasteiger partial charge < -0.3 is 13.8 Å². The van der Waals surface area contributed by atoms with E-state index in [1.165, 1.54) is 0 Å². The minimum atomic E-state index is -3.26. The summed E-state index contributed by atoms with van der Waals surface area (Å²) in [6, 6.07) is 0. The molecule has 2 aliphatic heterocycles. The number of hydrogen-bond donors (Lipinski definition) is 1. The van der Waals surface area contributed by atoms with Crippen LogP contribution in [0.1, 0.15) is 20.1 Å². The Bertz CT molecular complexity index is 846. The second-order valence-corrected chi connectivity index (χ2v) is 9.26. The molecule has 0 spiro atoms. The van der Waals surface area contributed by atoms with E-state index in [2.05, 4.69) is 0 Å². The molecule has 2 saturated heterocycles. The Morgan fingerprint density at radius 1 is 1.56 bits per heavy atom. The molecule has 0 saturated carbocycles. The van der Waals surface area contributed by atoms with Crippen molar-refractivity contribution >= 4 is 30.1 Å². The van der Waals surface area contributed by atoms with Crippen LogP contribution in [-0.4, -0.2) is 39.6 Å². The average molecular weight is 419 g/mol. The Balaban J connectivity index is 1.94. The fourth-order valence-corrected chi connectivity index (χ4v) is 5.48. The maximum Gasteiger partial charge on any atom is 0.330 e. The molecule has 8 nitrogen and oxygen atoms in total. The third-order valence-corrected chi connectivity index (χ3v) is 6.37. The molecule has 0 aromatic carbocycles. The first-order chi connectivity index (χ1) is 11.5. The lowest BCUT2D eigenvalue weighted by Gasteiger charge is -2.35. The first-order valence-electron chi connectivity index (χ1n) is 7.19. The van der Waals surface area contributed by atoms with Crippen LogP contribution in [0.4, 0.5) is 8.78 Å². The minimum absolute atomic E-state index is 0.176. The van der Waals surface area contributed by atoms with E-state index in [1.54, 1.807) is 18.8 Å². The van der Waals surface area contributed by atoms with Gasteiger partial charge in [-0.25, -0.2) is 9.18 Å². The smallest absolute Gasteiger partial charge is 0.330 e. The Kier molecular flexibility index (Phi) is 4.95. The SMILES string of the molecule is CC(C)O[P@@]1(=S)OC[C@H]2O[C@@H](n3cc(F)c(=O)[nH]c3=O)[C@@](F)(Cl)[C@@H]2O1. The summed E-state index contributed by atoms with van der Waals surface area (Å²) < 4.78 is 50.8. The quantitative estimate of drug-likeness (QED) is 0.588. The van der Waals surface area contributed by atoms with E-state index < -0.39 is 47.3 Å². The molecule has 0 amide bonds. The van der Waals surface area contributed by atoms with Crippen molar-refractivity contribution in [3.8, 4) is 0 Å². The maximum atomic E-state index is 15.2. The van der Waals surface area contributed by atoms with Gasteiger partial charge in [0.25, 0.3) is 10.7 Å². The Hall–Kier alpha value is -0.680. The van der Waals surface area contributed by atoms with Crippen LogP contribution >= 0.6 is 18.3 Å². The highest BCUT2D eigenvalue weighted by Gasteiger charge is 2.62. The molecule has 1 N–H and O–H groups in total. The first kappa shape index (κ1) is 19.1. The van der Waals surface area contributed by atoms with Crippen molar-refractivity contribution in [2.45, 2.75) is 43.5 Å². The zero-order valence-corrected chi connectivity index (χ0v) is 15.4. The lowest BCUT2D eigenvalue weighted by atomic mass is 10.1. The number of ether oxygens (including phenoxy) is 1. The fourth-order valence-electron chi connectivity index (χ4n) is 2.51. The van der Waals surface area contributed by atoms with E-state index in [-0.39, 0.29) is 12.7 Å². The van der Waals surface area contributed by atoms with Crippen LogP contribution in [0.3, 0.4) is 0 Å². The maximum absolute atomic E-state index is 15.2. The van der Waals surface area contributed by atoms with Crippen molar-refractivity contribution in [2.24, 2.45) is 0 Å². The van der Waals surface area contributed by atoms with Gasteiger partial charge in [-0.15, -0.1) is 0 Å². The van der Waals surface area contributed by atoms with Gasteiger partial charge >= 0.3 is 12.4 Å². The predicted molar refractivity (Wildman–Crippen MR) is 86.2 cm³/mol. The molecule has 0 aliphatic carbocycles. The highest BCUT2D eigenvalue weighted by atomic mass is 35.5. The van der Waals surface area contributed by atoms with Gasteiger partial charge in [-0.05, 0) is 25.7 Å². The number of nitrogens with one attached hydrogen (secondary N) is 1. The second-order valence-electron chi connectivity index (χ2n) is 5.77. The number of H-pyrrole nitrogens is 1. The number of hydrogen-bond acceptors (Lipinski definition) is 7. The predicted octanol–water partition coefficient (Wildman–Crippen LogP) is 1.54. The Morgan fingerprint density at radius 2 is 2.24 bits per heavy atom. The van der Waals surface area contributed by atoms with Crippen LogP contribution in [0.25, 0.3) is 0 Å². The summed E-state index contributed by atoms with van der Waals surface area (Å²) in [5.41, 5.74) is -2.33. The lowest BCUT2D eigenvalue weighted by Crippen LogP contribution is -2.45. The van der Waals surface area contributed by atoms with Crippen LogP contribution in [0.15, 0.2) is 15.8 Å². The standard InChI is InChI=1S/C12H14ClF2N2O6PS/c1-5(2)22-24(25)20-4-7-8(23-24)12(13,15)10(21-7)17-3-6(14)9(18)16-11(17)19/h3,5,7-8,10H,4H2,1-2H3,(H,16,18,19)/t7-,8-,10-,12-,24+/m1/s1. The van der Waals surface area contributed by atoms with Crippen LogP contribution in [0.2, 0.25) is 0 Å². The third-order valence-electron chi connectivity index (χ3n) is 3.51. The number of halogens is 3. The minimum Gasteiger partial charge on any atom is -0.344 e. The molecule has 25 heavy (non-hydrogen) atoms. The van der Waals surface area contributed by atoms with Gasteiger partial charge in [0.15, 0.2) is 6.23 Å². The van der Waals surface area contributed by atoms with Crippen molar-refractivity contribution < 1.29 is 27.1 Å². The van der Waals surface area contributed by atoms with E-state index in [0.29, 0.717) is 10.8 Å². The van der Waals surface area contributed by atoms with Crippen molar-refractivity contribution in [1.29, 1.82) is 0 Å². The van der Waals surface area contributed by atoms with Gasteiger partial charge in [0.05, 0.1) is 18.9 Å². The third kappa shape index (κ3) is 3.46.